The third-order valence-electron chi connectivity index (χ3n) is 5.21. The van der Waals surface area contributed by atoms with Gasteiger partial charge in [-0.15, -0.1) is 21.5 Å². The van der Waals surface area contributed by atoms with Gasteiger partial charge in [0.05, 0.1) is 5.39 Å². The summed E-state index contributed by atoms with van der Waals surface area (Å²) in [5.41, 5.74) is 1.97. The molecule has 0 unspecified atom stereocenters. The van der Waals surface area contributed by atoms with Crippen molar-refractivity contribution in [2.75, 3.05) is 0 Å². The molecule has 4 rings (SSSR count). The van der Waals surface area contributed by atoms with Crippen molar-refractivity contribution in [3.05, 3.63) is 56.8 Å². The summed E-state index contributed by atoms with van der Waals surface area (Å²) >= 11 is 1.62. The Bertz CT molecular complexity index is 1170. The second kappa shape index (κ2) is 7.81. The van der Waals surface area contributed by atoms with Crippen LogP contribution in [-0.2, 0) is 19.5 Å². The van der Waals surface area contributed by atoms with Gasteiger partial charge < -0.3 is 10.3 Å². The topological polar surface area (TPSA) is 92.5 Å². The number of hydrogen-bond acceptors (Lipinski definition) is 5. The predicted molar refractivity (Wildman–Crippen MR) is 110 cm³/mol. The van der Waals surface area contributed by atoms with Crippen molar-refractivity contribution in [1.29, 1.82) is 0 Å². The molecule has 146 valence electrons. The van der Waals surface area contributed by atoms with E-state index >= 15 is 0 Å². The molecule has 0 amide bonds. The second-order valence-electron chi connectivity index (χ2n) is 7.29. The van der Waals surface area contributed by atoms with Gasteiger partial charge in [0.25, 0.3) is 5.56 Å². The van der Waals surface area contributed by atoms with E-state index in [9.17, 15) is 4.79 Å². The Labute approximate surface area is 166 Å². The number of fused-ring (bicyclic) bond motifs is 2. The molecule has 0 spiro atoms. The minimum atomic E-state index is -0.0241. The zero-order valence-corrected chi connectivity index (χ0v) is 17.2. The number of pyridine rings is 1. The molecule has 3 N–H and O–H groups in total. The van der Waals surface area contributed by atoms with Crippen LogP contribution in [0.3, 0.4) is 0 Å². The Kier molecular flexibility index (Phi) is 5.23. The van der Waals surface area contributed by atoms with Gasteiger partial charge >= 0.3 is 0 Å². The maximum absolute atomic E-state index is 12.7. The van der Waals surface area contributed by atoms with Gasteiger partial charge in [-0.1, -0.05) is 26.3 Å². The van der Waals surface area contributed by atoms with Crippen LogP contribution >= 0.6 is 11.3 Å². The van der Waals surface area contributed by atoms with E-state index in [1.54, 1.807) is 11.3 Å². The Morgan fingerprint density at radius 2 is 2.14 bits per heavy atom. The summed E-state index contributed by atoms with van der Waals surface area (Å²) in [6.45, 7) is 7.75. The lowest BCUT2D eigenvalue weighted by atomic mass is 9.98. The molecule has 0 aromatic carbocycles. The third kappa shape index (κ3) is 3.57. The van der Waals surface area contributed by atoms with Gasteiger partial charge in [-0.2, -0.15) is 0 Å². The first-order valence-corrected chi connectivity index (χ1v) is 10.5. The van der Waals surface area contributed by atoms with Crippen LogP contribution in [0.5, 0.6) is 0 Å². The van der Waals surface area contributed by atoms with E-state index in [2.05, 4.69) is 41.3 Å². The number of aromatic amines is 1. The van der Waals surface area contributed by atoms with Crippen LogP contribution in [0.15, 0.2) is 29.2 Å². The van der Waals surface area contributed by atoms with Crippen LogP contribution in [0.4, 0.5) is 0 Å². The van der Waals surface area contributed by atoms with Crippen molar-refractivity contribution in [1.82, 2.24) is 24.6 Å². The number of nitrogens with one attached hydrogen (secondary N) is 1. The Morgan fingerprint density at radius 3 is 2.96 bits per heavy atom. The number of nitrogens with zero attached hydrogens (tertiary/aromatic N) is 4. The fourth-order valence-electron chi connectivity index (χ4n) is 3.42. The molecule has 0 aliphatic heterocycles. The van der Waals surface area contributed by atoms with Crippen LogP contribution in [0.2, 0.25) is 0 Å². The molecule has 7 nitrogen and oxygen atoms in total. The maximum atomic E-state index is 12.7. The lowest BCUT2D eigenvalue weighted by Gasteiger charge is -2.08. The number of hydrogen-bond donors (Lipinski definition) is 2. The molecule has 4 aromatic rings. The molecule has 0 aliphatic rings. The predicted octanol–water partition coefficient (Wildman–Crippen LogP) is 2.19. The summed E-state index contributed by atoms with van der Waals surface area (Å²) in [6, 6.07) is 5.84. The molecule has 0 aliphatic carbocycles. The molecular weight excluding hydrogens is 372 g/mol. The summed E-state index contributed by atoms with van der Waals surface area (Å²) in [6.07, 6.45) is 3.99. The number of nitrogens with two attached hydrogens (primary N) is 1. The van der Waals surface area contributed by atoms with Gasteiger partial charge in [-0.3, -0.25) is 9.20 Å². The first kappa shape index (κ1) is 18.8. The molecule has 0 saturated carbocycles. The van der Waals surface area contributed by atoms with Crippen molar-refractivity contribution in [3.8, 4) is 0 Å². The lowest BCUT2D eigenvalue weighted by Crippen LogP contribution is -2.81. The van der Waals surface area contributed by atoms with E-state index in [1.165, 1.54) is 4.88 Å². The van der Waals surface area contributed by atoms with E-state index < -0.39 is 0 Å². The van der Waals surface area contributed by atoms with Crippen LogP contribution in [0, 0.1) is 12.8 Å². The molecule has 0 saturated heterocycles. The Morgan fingerprint density at radius 1 is 1.29 bits per heavy atom. The van der Waals surface area contributed by atoms with Gasteiger partial charge in [0, 0.05) is 11.1 Å². The highest BCUT2D eigenvalue weighted by Crippen LogP contribution is 2.29. The van der Waals surface area contributed by atoms with Gasteiger partial charge in [0.1, 0.15) is 17.9 Å². The fourth-order valence-corrected chi connectivity index (χ4v) is 4.50. The summed E-state index contributed by atoms with van der Waals surface area (Å²) in [7, 11) is 0. The number of quaternary nitrogens is 1. The number of aromatic nitrogens is 5. The molecule has 0 bridgehead atoms. The molecule has 8 heteroatoms. The van der Waals surface area contributed by atoms with Crippen molar-refractivity contribution < 1.29 is 5.32 Å². The number of H-pyrrole nitrogens is 1. The number of thiophene rings is 1. The highest BCUT2D eigenvalue weighted by atomic mass is 32.1. The standard InChI is InChI=1S/C20H24N6OS/c1-4-12(2)9-14-13(3)28-20-18(14)19(27)22-15(23-20)10-21-11-17-25-24-16-7-5-6-8-26(16)17/h5-8,12,21H,4,9-11H2,1-3H3,(H,22,23,27)/p+1/t12-/m0/s1. The van der Waals surface area contributed by atoms with Gasteiger partial charge in [0.2, 0.25) is 0 Å². The van der Waals surface area contributed by atoms with Gasteiger partial charge in [0.15, 0.2) is 17.3 Å². The Hall–Kier alpha value is -2.58. The molecule has 4 heterocycles. The summed E-state index contributed by atoms with van der Waals surface area (Å²) in [5.74, 6) is 2.13. The van der Waals surface area contributed by atoms with Crippen LogP contribution in [-0.4, -0.2) is 24.6 Å². The first-order chi connectivity index (χ1) is 13.6. The van der Waals surface area contributed by atoms with Gasteiger partial charge in [-0.05, 0) is 37.0 Å². The van der Waals surface area contributed by atoms with E-state index in [-0.39, 0.29) is 5.56 Å². The summed E-state index contributed by atoms with van der Waals surface area (Å²) in [5, 5.41) is 11.3. The molecule has 0 fully saturated rings. The van der Waals surface area contributed by atoms with E-state index in [0.29, 0.717) is 24.8 Å². The fraction of sp³-hybridized carbons (Fsp3) is 0.400. The smallest absolute Gasteiger partial charge is 0.260 e. The monoisotopic (exact) mass is 397 g/mol. The second-order valence-corrected chi connectivity index (χ2v) is 8.49. The van der Waals surface area contributed by atoms with E-state index in [1.807, 2.05) is 28.8 Å². The highest BCUT2D eigenvalue weighted by Gasteiger charge is 2.17. The van der Waals surface area contributed by atoms with Crippen molar-refractivity contribution in [3.63, 3.8) is 0 Å². The largest absolute Gasteiger partial charge is 0.334 e. The average molecular weight is 398 g/mol. The highest BCUT2D eigenvalue weighted by molar-refractivity contribution is 7.18. The molecule has 4 aromatic heterocycles. The van der Waals surface area contributed by atoms with Crippen LogP contribution < -0.4 is 10.9 Å². The zero-order chi connectivity index (χ0) is 19.7. The zero-order valence-electron chi connectivity index (χ0n) is 16.4. The summed E-state index contributed by atoms with van der Waals surface area (Å²) in [4.78, 5) is 22.5. The molecular formula is C20H25N6OS+. The van der Waals surface area contributed by atoms with Crippen molar-refractivity contribution >= 4 is 27.2 Å². The minimum absolute atomic E-state index is 0.0241. The lowest BCUT2D eigenvalue weighted by molar-refractivity contribution is -0.688. The maximum Gasteiger partial charge on any atom is 0.260 e. The van der Waals surface area contributed by atoms with Gasteiger partial charge in [-0.25, -0.2) is 4.98 Å². The van der Waals surface area contributed by atoms with E-state index in [0.717, 1.165) is 40.1 Å². The third-order valence-corrected chi connectivity index (χ3v) is 6.25. The van der Waals surface area contributed by atoms with E-state index in [4.69, 9.17) is 4.98 Å². The van der Waals surface area contributed by atoms with Crippen LogP contribution in [0.25, 0.3) is 15.9 Å². The molecule has 28 heavy (non-hydrogen) atoms. The molecule has 0 radical (unpaired) electrons. The minimum Gasteiger partial charge on any atom is -0.334 e. The first-order valence-electron chi connectivity index (χ1n) is 9.68. The average Bonchev–Trinajstić information content (AvgIpc) is 3.23. The SMILES string of the molecule is CC[C@H](C)Cc1c(C)sc2nc(C[NH2+]Cc3nnc4ccccn34)[nH]c(=O)c12. The van der Waals surface area contributed by atoms with Crippen molar-refractivity contribution in [2.45, 2.75) is 46.7 Å². The van der Waals surface area contributed by atoms with Crippen molar-refractivity contribution in [2.24, 2.45) is 5.92 Å². The summed E-state index contributed by atoms with van der Waals surface area (Å²) < 4.78 is 1.97. The number of rotatable bonds is 7. The normalized spacial score (nSPS) is 12.8. The Balaban J connectivity index is 1.52. The molecule has 1 atom stereocenters. The van der Waals surface area contributed by atoms with Crippen LogP contribution in [0.1, 0.15) is 42.4 Å². The number of aryl methyl sites for hydroxylation is 1. The quantitative estimate of drug-likeness (QED) is 0.500.